The van der Waals surface area contributed by atoms with Crippen LogP contribution in [0.2, 0.25) is 0 Å². The number of benzene rings is 2. The van der Waals surface area contributed by atoms with E-state index in [1.807, 2.05) is 54.2 Å². The first-order chi connectivity index (χ1) is 15.7. The van der Waals surface area contributed by atoms with E-state index in [0.29, 0.717) is 6.04 Å². The summed E-state index contributed by atoms with van der Waals surface area (Å²) in [5.41, 5.74) is 3.48. The lowest BCUT2D eigenvalue weighted by molar-refractivity contribution is 0.000240. The maximum Gasteiger partial charge on any atom is 0.127 e. The summed E-state index contributed by atoms with van der Waals surface area (Å²) < 4.78 is 13.4. The van der Waals surface area contributed by atoms with Gasteiger partial charge in [-0.3, -0.25) is 14.5 Å². The van der Waals surface area contributed by atoms with Gasteiger partial charge in [-0.1, -0.05) is 18.2 Å². The summed E-state index contributed by atoms with van der Waals surface area (Å²) in [6.07, 6.45) is 4.64. The van der Waals surface area contributed by atoms with Crippen LogP contribution in [0.3, 0.4) is 0 Å². The van der Waals surface area contributed by atoms with Crippen LogP contribution in [-0.2, 0) is 18.3 Å². The molecule has 0 radical (unpaired) electrons. The van der Waals surface area contributed by atoms with Crippen molar-refractivity contribution >= 4 is 0 Å². The standard InChI is InChI=1S/C26H32N4O2/c1-28-19-22(20-29-13-11-23(12-14-29)30-15-17-31-18-16-30)26(27-28)21-7-9-25(10-8-21)32-24-5-3-2-4-6-24/h2-10,19,23H,11-18,20H2,1H3. The fourth-order valence-electron chi connectivity index (χ4n) is 4.83. The second-order valence-electron chi connectivity index (χ2n) is 8.77. The van der Waals surface area contributed by atoms with E-state index >= 15 is 0 Å². The van der Waals surface area contributed by atoms with Crippen LogP contribution in [-0.4, -0.2) is 65.0 Å². The Bertz CT molecular complexity index is 988. The molecule has 2 saturated heterocycles. The molecule has 0 saturated carbocycles. The Balaban J connectivity index is 1.22. The highest BCUT2D eigenvalue weighted by molar-refractivity contribution is 5.63. The van der Waals surface area contributed by atoms with Crippen LogP contribution in [0.15, 0.2) is 60.8 Å². The van der Waals surface area contributed by atoms with E-state index in [2.05, 4.69) is 28.1 Å². The number of aryl methyl sites for hydroxylation is 1. The summed E-state index contributed by atoms with van der Waals surface area (Å²) in [5.74, 6) is 1.68. The van der Waals surface area contributed by atoms with Crippen LogP contribution in [0.5, 0.6) is 11.5 Å². The predicted molar refractivity (Wildman–Crippen MR) is 126 cm³/mol. The molecule has 2 aliphatic rings. The molecular formula is C26H32N4O2. The first kappa shape index (κ1) is 21.2. The zero-order valence-corrected chi connectivity index (χ0v) is 18.8. The topological polar surface area (TPSA) is 42.8 Å². The molecule has 0 unspecified atom stereocenters. The van der Waals surface area contributed by atoms with Gasteiger partial charge in [0, 0.05) is 50.0 Å². The van der Waals surface area contributed by atoms with Gasteiger partial charge in [0.15, 0.2) is 0 Å². The average Bonchev–Trinajstić information content (AvgIpc) is 3.21. The minimum Gasteiger partial charge on any atom is -0.457 e. The van der Waals surface area contributed by atoms with Gasteiger partial charge in [0.1, 0.15) is 11.5 Å². The molecule has 2 fully saturated rings. The first-order valence-corrected chi connectivity index (χ1v) is 11.6. The number of rotatable bonds is 6. The van der Waals surface area contributed by atoms with Crippen molar-refractivity contribution in [3.8, 4) is 22.8 Å². The molecule has 1 aromatic heterocycles. The third-order valence-corrected chi connectivity index (χ3v) is 6.52. The van der Waals surface area contributed by atoms with Gasteiger partial charge < -0.3 is 9.47 Å². The van der Waals surface area contributed by atoms with Crippen molar-refractivity contribution in [1.82, 2.24) is 19.6 Å². The van der Waals surface area contributed by atoms with Crippen molar-refractivity contribution in [2.24, 2.45) is 7.05 Å². The Labute approximate surface area is 190 Å². The third kappa shape index (κ3) is 5.04. The molecule has 0 N–H and O–H groups in total. The van der Waals surface area contributed by atoms with Crippen LogP contribution in [0.4, 0.5) is 0 Å². The lowest BCUT2D eigenvalue weighted by atomic mass is 10.0. The number of hydrogen-bond donors (Lipinski definition) is 0. The minimum atomic E-state index is 0.709. The summed E-state index contributed by atoms with van der Waals surface area (Å²) in [6, 6.07) is 18.8. The molecule has 3 aromatic rings. The van der Waals surface area contributed by atoms with Gasteiger partial charge in [-0.2, -0.15) is 5.10 Å². The molecule has 6 heteroatoms. The highest BCUT2D eigenvalue weighted by atomic mass is 16.5. The second kappa shape index (κ2) is 9.86. The zero-order chi connectivity index (χ0) is 21.8. The number of hydrogen-bond acceptors (Lipinski definition) is 5. The van der Waals surface area contributed by atoms with Crippen LogP contribution >= 0.6 is 0 Å². The van der Waals surface area contributed by atoms with E-state index in [1.165, 1.54) is 18.4 Å². The van der Waals surface area contributed by atoms with E-state index in [4.69, 9.17) is 14.6 Å². The normalized spacial score (nSPS) is 18.7. The Morgan fingerprint density at radius 2 is 1.59 bits per heavy atom. The SMILES string of the molecule is Cn1cc(CN2CCC(N3CCOCC3)CC2)c(-c2ccc(Oc3ccccc3)cc2)n1. The van der Waals surface area contributed by atoms with Gasteiger partial charge in [0.05, 0.1) is 18.9 Å². The van der Waals surface area contributed by atoms with E-state index in [-0.39, 0.29) is 0 Å². The smallest absolute Gasteiger partial charge is 0.127 e. The number of para-hydroxylation sites is 1. The van der Waals surface area contributed by atoms with Gasteiger partial charge in [0.2, 0.25) is 0 Å². The molecule has 5 rings (SSSR count). The molecule has 0 bridgehead atoms. The fourth-order valence-corrected chi connectivity index (χ4v) is 4.83. The summed E-state index contributed by atoms with van der Waals surface area (Å²) in [5, 5.41) is 4.78. The molecule has 0 spiro atoms. The predicted octanol–water partition coefficient (Wildman–Crippen LogP) is 4.18. The summed E-state index contributed by atoms with van der Waals surface area (Å²) in [6.45, 7) is 7.16. The van der Waals surface area contributed by atoms with Crippen molar-refractivity contribution in [3.05, 3.63) is 66.4 Å². The zero-order valence-electron chi connectivity index (χ0n) is 18.8. The summed E-state index contributed by atoms with van der Waals surface area (Å²) in [4.78, 5) is 5.19. The fraction of sp³-hybridized carbons (Fsp3) is 0.423. The Morgan fingerprint density at radius 1 is 0.906 bits per heavy atom. The van der Waals surface area contributed by atoms with Crippen LogP contribution in [0.1, 0.15) is 18.4 Å². The minimum absolute atomic E-state index is 0.709. The third-order valence-electron chi connectivity index (χ3n) is 6.52. The Morgan fingerprint density at radius 3 is 2.31 bits per heavy atom. The molecule has 2 aliphatic heterocycles. The van der Waals surface area contributed by atoms with Gasteiger partial charge in [-0.05, 0) is 62.3 Å². The molecular weight excluding hydrogens is 400 g/mol. The monoisotopic (exact) mass is 432 g/mol. The average molecular weight is 433 g/mol. The van der Waals surface area contributed by atoms with E-state index < -0.39 is 0 Å². The lowest BCUT2D eigenvalue weighted by Gasteiger charge is -2.40. The van der Waals surface area contributed by atoms with E-state index in [1.54, 1.807) is 0 Å². The number of likely N-dealkylation sites (tertiary alicyclic amines) is 1. The van der Waals surface area contributed by atoms with Gasteiger partial charge >= 0.3 is 0 Å². The highest BCUT2D eigenvalue weighted by Gasteiger charge is 2.26. The van der Waals surface area contributed by atoms with E-state index in [0.717, 1.165) is 68.7 Å². The maximum atomic E-state index is 5.94. The molecule has 6 nitrogen and oxygen atoms in total. The Kier molecular flexibility index (Phi) is 6.53. The summed E-state index contributed by atoms with van der Waals surface area (Å²) >= 11 is 0. The molecule has 2 aromatic carbocycles. The number of piperidine rings is 1. The van der Waals surface area contributed by atoms with Crippen molar-refractivity contribution in [1.29, 1.82) is 0 Å². The quantitative estimate of drug-likeness (QED) is 0.585. The van der Waals surface area contributed by atoms with Crippen molar-refractivity contribution in [2.45, 2.75) is 25.4 Å². The molecule has 168 valence electrons. The van der Waals surface area contributed by atoms with Gasteiger partial charge in [-0.15, -0.1) is 0 Å². The van der Waals surface area contributed by atoms with Gasteiger partial charge in [0.25, 0.3) is 0 Å². The second-order valence-corrected chi connectivity index (χ2v) is 8.77. The Hall–Kier alpha value is -2.67. The molecule has 0 atom stereocenters. The molecule has 3 heterocycles. The number of nitrogens with zero attached hydrogens (tertiary/aromatic N) is 4. The number of ether oxygens (including phenoxy) is 2. The summed E-state index contributed by atoms with van der Waals surface area (Å²) in [7, 11) is 2.00. The maximum absolute atomic E-state index is 5.94. The van der Waals surface area contributed by atoms with Crippen molar-refractivity contribution < 1.29 is 9.47 Å². The van der Waals surface area contributed by atoms with Crippen LogP contribution in [0.25, 0.3) is 11.3 Å². The first-order valence-electron chi connectivity index (χ1n) is 11.6. The van der Waals surface area contributed by atoms with Crippen molar-refractivity contribution in [2.75, 3.05) is 39.4 Å². The molecule has 32 heavy (non-hydrogen) atoms. The lowest BCUT2D eigenvalue weighted by Crippen LogP contribution is -2.48. The van der Waals surface area contributed by atoms with E-state index in [9.17, 15) is 0 Å². The van der Waals surface area contributed by atoms with Crippen LogP contribution < -0.4 is 4.74 Å². The van der Waals surface area contributed by atoms with Crippen molar-refractivity contribution in [3.63, 3.8) is 0 Å². The van der Waals surface area contributed by atoms with Crippen LogP contribution in [0, 0.1) is 0 Å². The largest absolute Gasteiger partial charge is 0.457 e. The number of aromatic nitrogens is 2. The van der Waals surface area contributed by atoms with Gasteiger partial charge in [-0.25, -0.2) is 0 Å². The molecule has 0 aliphatic carbocycles. The molecule has 0 amide bonds. The highest BCUT2D eigenvalue weighted by Crippen LogP contribution is 2.28. The number of morpholine rings is 1.